The third-order valence-electron chi connectivity index (χ3n) is 21.1. The predicted molar refractivity (Wildman–Crippen MR) is 525 cm³/mol. The van der Waals surface area contributed by atoms with Crippen molar-refractivity contribution in [1.29, 1.82) is 0 Å². The third-order valence-corrected chi connectivity index (χ3v) is 21.1. The Labute approximate surface area is 717 Å². The van der Waals surface area contributed by atoms with Gasteiger partial charge in [0, 0.05) is 157 Å². The molecule has 27 radical (unpaired) electrons. The fourth-order valence-corrected chi connectivity index (χ4v) is 15.4. The van der Waals surface area contributed by atoms with Gasteiger partial charge in [0.1, 0.15) is 7.85 Å². The van der Waals surface area contributed by atoms with Gasteiger partial charge in [0.05, 0.1) is 65.6 Å². The van der Waals surface area contributed by atoms with Gasteiger partial charge in [-0.1, -0.05) is 92.5 Å². The lowest BCUT2D eigenvalue weighted by atomic mass is 8.67. The first-order valence-electron chi connectivity index (χ1n) is 36.5. The molecule has 0 aromatic heterocycles. The molecule has 8 aromatic rings. The predicted octanol–water partition coefficient (Wildman–Crippen LogP) is 3.13. The van der Waals surface area contributed by atoms with Gasteiger partial charge in [0.2, 0.25) is 0 Å². The lowest BCUT2D eigenvalue weighted by Crippen LogP contribution is -2.72. The maximum Gasteiger partial charge on any atom is 0.113 e. The molecular formula is C95H49B22. The summed E-state index contributed by atoms with van der Waals surface area (Å²) in [5.74, 6) is 113. The second-order valence-corrected chi connectivity index (χ2v) is 27.0. The van der Waals surface area contributed by atoms with Gasteiger partial charge in [0.25, 0.3) is 0 Å². The summed E-state index contributed by atoms with van der Waals surface area (Å²) < 4.78 is 0. The highest BCUT2D eigenvalue weighted by molar-refractivity contribution is 7.89. The van der Waals surface area contributed by atoms with Gasteiger partial charge in [-0.2, -0.15) is 0 Å². The summed E-state index contributed by atoms with van der Waals surface area (Å²) >= 11 is 0. The topological polar surface area (TPSA) is 0 Å². The molecule has 0 fully saturated rings. The summed E-state index contributed by atoms with van der Waals surface area (Å²) in [6.45, 7) is 26.0. The largest absolute Gasteiger partial charge is 0.115 e. The molecule has 8 rings (SSSR count). The van der Waals surface area contributed by atoms with E-state index in [1.807, 2.05) is 20.8 Å². The first kappa shape index (κ1) is 89.8. The zero-order valence-electron chi connectivity index (χ0n) is 68.0. The molecule has 0 atom stereocenters. The molecule has 0 bridgehead atoms. The lowest BCUT2D eigenvalue weighted by Gasteiger charge is -2.38. The maximum atomic E-state index is 8.09. The minimum Gasteiger partial charge on any atom is -0.115 e. The van der Waals surface area contributed by atoms with Crippen molar-refractivity contribution in [1.82, 2.24) is 0 Å². The molecule has 0 aliphatic heterocycles. The Balaban J connectivity index is 2.09. The molecule has 117 heavy (non-hydrogen) atoms. The van der Waals surface area contributed by atoms with Crippen molar-refractivity contribution >= 4 is 240 Å². The van der Waals surface area contributed by atoms with Gasteiger partial charge in [-0.05, 0) is 362 Å². The van der Waals surface area contributed by atoms with Gasteiger partial charge in [-0.25, -0.2) is 0 Å². The van der Waals surface area contributed by atoms with E-state index in [-0.39, 0.29) is 33.3 Å². The second kappa shape index (κ2) is 40.5. The third kappa shape index (κ3) is 17.3. The average molecular weight is 1430 g/mol. The Morgan fingerprint density at radius 1 is 0.265 bits per heavy atom. The number of benzene rings is 8. The van der Waals surface area contributed by atoms with E-state index in [9.17, 15) is 0 Å². The molecule has 495 valence electrons. The first-order chi connectivity index (χ1) is 56.1. The molecular weight excluding hydrogens is 1380 g/mol. The van der Waals surface area contributed by atoms with E-state index < -0.39 is 45.0 Å². The molecule has 0 amide bonds. The molecule has 0 nitrogen and oxygen atoms in total. The van der Waals surface area contributed by atoms with E-state index >= 15 is 0 Å². The van der Waals surface area contributed by atoms with Crippen LogP contribution in [-0.2, 0) is 0 Å². The molecule has 8 aromatic carbocycles. The molecule has 0 unspecified atom stereocenters. The van der Waals surface area contributed by atoms with Crippen LogP contribution in [0.15, 0.2) is 0 Å². The van der Waals surface area contributed by atoms with E-state index in [1.165, 1.54) is 21.3 Å². The van der Waals surface area contributed by atoms with Gasteiger partial charge < -0.3 is 0 Å². The summed E-state index contributed by atoms with van der Waals surface area (Å²) in [4.78, 5) is 0. The van der Waals surface area contributed by atoms with Crippen LogP contribution >= 0.6 is 0 Å². The Hall–Kier alpha value is -12.8. The van der Waals surface area contributed by atoms with Crippen molar-refractivity contribution in [3.8, 4) is 273 Å². The zero-order valence-corrected chi connectivity index (χ0v) is 68.0. The number of rotatable bonds is 12. The number of fused-ring (bicyclic) bond motifs is 6. The lowest BCUT2D eigenvalue weighted by molar-refractivity contribution is 1.24. The maximum absolute atomic E-state index is 8.09. The summed E-state index contributed by atoms with van der Waals surface area (Å²) in [5.41, 5.74) is 15.2. The van der Waals surface area contributed by atoms with Gasteiger partial charge in [-0.3, -0.25) is 0 Å². The molecule has 0 N–H and O–H groups in total. The van der Waals surface area contributed by atoms with Crippen LogP contribution in [0.5, 0.6) is 0 Å². The van der Waals surface area contributed by atoms with Crippen molar-refractivity contribution in [3.05, 3.63) is 106 Å². The van der Waals surface area contributed by atoms with Crippen molar-refractivity contribution in [2.45, 2.75) is 104 Å². The second-order valence-electron chi connectivity index (χ2n) is 27.0. The highest BCUT2D eigenvalue weighted by Gasteiger charge is 2.40. The van der Waals surface area contributed by atoms with Crippen LogP contribution in [0.1, 0.15) is 133 Å². The van der Waals surface area contributed by atoms with Gasteiger partial charge >= 0.3 is 0 Å². The molecule has 0 heterocycles. The van der Waals surface area contributed by atoms with Crippen LogP contribution < -0.4 is 27.3 Å². The summed E-state index contributed by atoms with van der Waals surface area (Å²) in [6.07, 6.45) is 19.7. The zero-order chi connectivity index (χ0) is 86.0. The monoisotopic (exact) mass is 1430 g/mol. The normalized spacial score (nSPS) is 9.05. The quantitative estimate of drug-likeness (QED) is 0.0765. The highest BCUT2D eigenvalue weighted by atomic mass is 14.4. The van der Waals surface area contributed by atoms with E-state index in [0.717, 1.165) is 44.5 Å². The number of hydrogen-bond donors (Lipinski definition) is 0. The molecule has 0 saturated heterocycles. The molecule has 22 heteroatoms. The smallest absolute Gasteiger partial charge is 0.113 e. The number of aryl methyl sites for hydroxylation is 6. The van der Waals surface area contributed by atoms with Crippen LogP contribution in [-0.4, -0.2) is 159 Å². The fourth-order valence-electron chi connectivity index (χ4n) is 15.4. The Bertz CT molecular complexity index is 7080. The Morgan fingerprint density at radius 3 is 1.03 bits per heavy atom. The van der Waals surface area contributed by atoms with Crippen LogP contribution in [0.2, 0.25) is 0 Å². The average Bonchev–Trinajstić information content (AvgIpc) is 0.677. The van der Waals surface area contributed by atoms with Crippen molar-refractivity contribution in [2.75, 3.05) is 0 Å². The molecule has 0 aliphatic carbocycles. The van der Waals surface area contributed by atoms with Crippen LogP contribution in [0.25, 0.3) is 76.1 Å². The summed E-state index contributed by atoms with van der Waals surface area (Å²) in [7, 11) is 88.8. The standard InChI is InChI=1S/C95H49B22/c1-20-28-34-38-40-42-45-49-56-75-76(57-50-44-41-39-35-29-21-2)85-84(83-72(52-33-25-6)70(51-26-7)69(27-8)68(19)77(75)83)73(54-46-32-24-5)71(53-47-37-31-23-4)74(55-48-43-36-30-22-3)86(85)87-78-62(13)58(9)60(11)64(15)80(78)88(81-65(16)61(12)59(10)63(14)79(81)87)90-92(108-97)91(96)89-82(94(90)111(100)109-98)66(17)67(18)93(112(114(101)102)115(103)104)95(89)113(116(105)106)117(107)110-99/h1,4,6,8H,2-3,5,7,9-19H3. The minimum absolute atomic E-state index is 0.157. The number of hydrogen-bond acceptors (Lipinski definition) is 0. The van der Waals surface area contributed by atoms with Crippen LogP contribution in [0, 0.1) is 327 Å². The van der Waals surface area contributed by atoms with Crippen LogP contribution in [0.4, 0.5) is 0 Å². The van der Waals surface area contributed by atoms with Crippen molar-refractivity contribution in [2.24, 2.45) is 0 Å². The Morgan fingerprint density at radius 2 is 0.615 bits per heavy atom. The van der Waals surface area contributed by atoms with Gasteiger partial charge in [-0.15, -0.1) is 37.1 Å². The minimum atomic E-state index is -1.21. The van der Waals surface area contributed by atoms with Gasteiger partial charge in [0.15, 0.2) is 0 Å². The van der Waals surface area contributed by atoms with E-state index in [2.05, 4.69) is 280 Å². The van der Waals surface area contributed by atoms with E-state index in [0.29, 0.717) is 131 Å². The van der Waals surface area contributed by atoms with E-state index in [4.69, 9.17) is 119 Å². The molecule has 0 saturated carbocycles. The summed E-state index contributed by atoms with van der Waals surface area (Å²) in [6, 6.07) is 0. The first-order valence-corrected chi connectivity index (χ1v) is 36.5. The SMILES string of the molecule is [B][B]B([B])B(B([B])[B])c1c(B(B([B])[B])B([B])[B])c(C)c(C)c2c(B([B])[B][B])c(-c3c4c(C)c(C)c(C)c(C)c4c(-c4c(C#CC#CC#CC)c(C#CC#CC#C)c(C#CC#CC)c5c4c(C#CC#CC#CC#CC)c(C#CC#CC#CC#CC#C)c4c(C)c(C#C)c(C#CC)c(C#CC#C)c45)c4c(C)c(C)c(C)c(C)c34)c([B][B])c([B])c12. The fraction of sp³-hybridized carbons (Fsp3) is 0.158. The Kier molecular flexibility index (Phi) is 31.1. The molecule has 0 aliphatic rings. The molecule has 0 spiro atoms. The van der Waals surface area contributed by atoms with Crippen molar-refractivity contribution in [3.63, 3.8) is 0 Å². The number of terminal acetylenes is 4. The van der Waals surface area contributed by atoms with Crippen molar-refractivity contribution < 1.29 is 0 Å². The highest BCUT2D eigenvalue weighted by Crippen LogP contribution is 2.55. The summed E-state index contributed by atoms with van der Waals surface area (Å²) in [5, 5.41) is 5.36. The van der Waals surface area contributed by atoms with Crippen LogP contribution in [0.3, 0.4) is 0 Å². The van der Waals surface area contributed by atoms with E-state index in [1.54, 1.807) is 27.7 Å².